The molecule has 0 amide bonds. The van der Waals surface area contributed by atoms with Crippen LogP contribution in [0.3, 0.4) is 0 Å². The van der Waals surface area contributed by atoms with E-state index in [-0.39, 0.29) is 11.6 Å². The summed E-state index contributed by atoms with van der Waals surface area (Å²) in [5.74, 6) is -1.36. The molecular weight excluding hydrogens is 250 g/mol. The zero-order valence-electron chi connectivity index (χ0n) is 9.95. The number of rotatable bonds is 2. The van der Waals surface area contributed by atoms with Gasteiger partial charge in [0.1, 0.15) is 6.04 Å². The number of hydrogen-bond donors (Lipinski definition) is 3. The number of carbonyl (C=O) groups is 3. The molecule has 100 valence electrons. The first-order chi connectivity index (χ1) is 8.97. The van der Waals surface area contributed by atoms with Crippen LogP contribution in [0.2, 0.25) is 0 Å². The monoisotopic (exact) mass is 263 g/mol. The van der Waals surface area contributed by atoms with Crippen LogP contribution in [0.4, 0.5) is 0 Å². The van der Waals surface area contributed by atoms with Gasteiger partial charge in [0.25, 0.3) is 0 Å². The summed E-state index contributed by atoms with van der Waals surface area (Å²) in [5.41, 5.74) is 5.78. The predicted molar refractivity (Wildman–Crippen MR) is 66.9 cm³/mol. The van der Waals surface area contributed by atoms with Crippen molar-refractivity contribution in [2.75, 3.05) is 6.61 Å². The molecule has 0 saturated carbocycles. The van der Waals surface area contributed by atoms with Crippen LogP contribution in [0.15, 0.2) is 36.4 Å². The molecule has 1 aliphatic carbocycles. The summed E-state index contributed by atoms with van der Waals surface area (Å²) >= 11 is 0. The maximum atomic E-state index is 11.2. The summed E-state index contributed by atoms with van der Waals surface area (Å²) in [6.45, 7) is -0.505. The Balaban J connectivity index is 0.000000224. The first-order valence-corrected chi connectivity index (χ1v) is 5.42. The fourth-order valence-electron chi connectivity index (χ4n) is 1.32. The third-order valence-corrected chi connectivity index (χ3v) is 2.36. The molecule has 1 atom stereocenters. The number of nitrogens with two attached hydrogens (primary N) is 1. The van der Waals surface area contributed by atoms with Crippen LogP contribution in [0.5, 0.6) is 0 Å². The third kappa shape index (κ3) is 3.84. The first-order valence-electron chi connectivity index (χ1n) is 5.42. The van der Waals surface area contributed by atoms with E-state index < -0.39 is 18.6 Å². The molecule has 0 unspecified atom stereocenters. The van der Waals surface area contributed by atoms with E-state index in [9.17, 15) is 14.4 Å². The SMILES string of the molecule is N[C@@H](CO)C(=O)O.O=C1C=CC(=O)c2ccccc21. The van der Waals surface area contributed by atoms with E-state index in [4.69, 9.17) is 15.9 Å². The lowest BCUT2D eigenvalue weighted by molar-refractivity contribution is -0.139. The van der Waals surface area contributed by atoms with Crippen molar-refractivity contribution in [1.82, 2.24) is 0 Å². The highest BCUT2D eigenvalue weighted by Crippen LogP contribution is 2.15. The molecule has 0 saturated heterocycles. The number of ketones is 2. The Kier molecular flexibility index (Phi) is 5.11. The number of aliphatic carboxylic acids is 1. The normalized spacial score (nSPS) is 14.2. The molecule has 0 radical (unpaired) electrons. The van der Waals surface area contributed by atoms with Crippen LogP contribution in [0.25, 0.3) is 0 Å². The average molecular weight is 263 g/mol. The standard InChI is InChI=1S/C10H6O2.C3H7NO3/c11-9-5-6-10(12)8-4-2-1-3-7(8)9;4-2(1-5)3(6)7/h1-6H;2,5H,1,4H2,(H,6,7)/t;2-/m.0/s1. The molecule has 1 aliphatic rings. The molecule has 0 spiro atoms. The number of fused-ring (bicyclic) bond motifs is 1. The second kappa shape index (κ2) is 6.58. The van der Waals surface area contributed by atoms with E-state index in [2.05, 4.69) is 0 Å². The van der Waals surface area contributed by atoms with Gasteiger partial charge in [-0.05, 0) is 12.2 Å². The fraction of sp³-hybridized carbons (Fsp3) is 0.154. The molecule has 0 heterocycles. The van der Waals surface area contributed by atoms with Gasteiger partial charge in [-0.1, -0.05) is 24.3 Å². The molecule has 4 N–H and O–H groups in total. The van der Waals surface area contributed by atoms with Crippen LogP contribution in [-0.2, 0) is 4.79 Å². The molecule has 19 heavy (non-hydrogen) atoms. The molecule has 0 fully saturated rings. The Hall–Kier alpha value is -2.31. The van der Waals surface area contributed by atoms with Gasteiger partial charge in [0.2, 0.25) is 0 Å². The molecule has 2 rings (SSSR count). The lowest BCUT2D eigenvalue weighted by Crippen LogP contribution is -2.33. The maximum absolute atomic E-state index is 11.2. The highest BCUT2D eigenvalue weighted by atomic mass is 16.4. The number of carboxylic acid groups (broad SMARTS) is 1. The molecule has 1 aromatic carbocycles. The summed E-state index contributed by atoms with van der Waals surface area (Å²) in [4.78, 5) is 32.0. The lowest BCUT2D eigenvalue weighted by atomic mass is 9.95. The number of aliphatic hydroxyl groups excluding tert-OH is 1. The Bertz CT molecular complexity index is 499. The van der Waals surface area contributed by atoms with Crippen molar-refractivity contribution in [2.24, 2.45) is 5.73 Å². The Morgan fingerprint density at radius 2 is 1.53 bits per heavy atom. The van der Waals surface area contributed by atoms with Crippen LogP contribution in [0, 0.1) is 0 Å². The first kappa shape index (κ1) is 14.7. The van der Waals surface area contributed by atoms with E-state index in [0.717, 1.165) is 0 Å². The Morgan fingerprint density at radius 3 is 1.79 bits per heavy atom. The second-order valence-electron chi connectivity index (χ2n) is 3.73. The Labute approximate surface area is 109 Å². The van der Waals surface area contributed by atoms with Gasteiger partial charge in [-0.15, -0.1) is 0 Å². The molecule has 6 heteroatoms. The highest BCUT2D eigenvalue weighted by Gasteiger charge is 2.16. The molecule has 0 aromatic heterocycles. The molecule has 0 bridgehead atoms. The van der Waals surface area contributed by atoms with Gasteiger partial charge in [0.15, 0.2) is 11.6 Å². The molecule has 6 nitrogen and oxygen atoms in total. The van der Waals surface area contributed by atoms with Gasteiger partial charge in [-0.25, -0.2) is 0 Å². The molecular formula is C13H13NO5. The minimum Gasteiger partial charge on any atom is -0.480 e. The van der Waals surface area contributed by atoms with Crippen molar-refractivity contribution in [3.63, 3.8) is 0 Å². The largest absolute Gasteiger partial charge is 0.480 e. The van der Waals surface area contributed by atoms with Crippen molar-refractivity contribution >= 4 is 17.5 Å². The predicted octanol–water partition coefficient (Wildman–Crippen LogP) is 0.0124. The summed E-state index contributed by atoms with van der Waals surface area (Å²) in [7, 11) is 0. The average Bonchev–Trinajstić information content (AvgIpc) is 2.43. The van der Waals surface area contributed by atoms with Gasteiger partial charge < -0.3 is 15.9 Å². The van der Waals surface area contributed by atoms with Crippen LogP contribution >= 0.6 is 0 Å². The van der Waals surface area contributed by atoms with Crippen molar-refractivity contribution in [2.45, 2.75) is 6.04 Å². The minimum absolute atomic E-state index is 0.0924. The zero-order valence-corrected chi connectivity index (χ0v) is 9.95. The quantitative estimate of drug-likeness (QED) is 0.692. The molecule has 0 aliphatic heterocycles. The van der Waals surface area contributed by atoms with Gasteiger partial charge >= 0.3 is 5.97 Å². The van der Waals surface area contributed by atoms with E-state index in [0.29, 0.717) is 11.1 Å². The van der Waals surface area contributed by atoms with Crippen molar-refractivity contribution < 1.29 is 24.6 Å². The number of aliphatic hydroxyl groups is 1. The van der Waals surface area contributed by atoms with Crippen molar-refractivity contribution in [1.29, 1.82) is 0 Å². The molecule has 1 aromatic rings. The summed E-state index contributed by atoms with van der Waals surface area (Å²) in [5, 5.41) is 15.9. The number of carbonyl (C=O) groups excluding carboxylic acids is 2. The summed E-state index contributed by atoms with van der Waals surface area (Å²) < 4.78 is 0. The van der Waals surface area contributed by atoms with E-state index in [1.807, 2.05) is 0 Å². The highest BCUT2D eigenvalue weighted by molar-refractivity contribution is 6.21. The van der Waals surface area contributed by atoms with Gasteiger partial charge in [0.05, 0.1) is 6.61 Å². The van der Waals surface area contributed by atoms with Crippen LogP contribution < -0.4 is 5.73 Å². The summed E-state index contributed by atoms with van der Waals surface area (Å²) in [6, 6.07) is 5.71. The van der Waals surface area contributed by atoms with Gasteiger partial charge in [-0.3, -0.25) is 14.4 Å². The van der Waals surface area contributed by atoms with Crippen molar-refractivity contribution in [3.8, 4) is 0 Å². The Morgan fingerprint density at radius 1 is 1.11 bits per heavy atom. The smallest absolute Gasteiger partial charge is 0.322 e. The number of allylic oxidation sites excluding steroid dienone is 2. The fourth-order valence-corrected chi connectivity index (χ4v) is 1.32. The van der Waals surface area contributed by atoms with Gasteiger partial charge in [-0.2, -0.15) is 0 Å². The third-order valence-electron chi connectivity index (χ3n) is 2.36. The van der Waals surface area contributed by atoms with E-state index in [1.165, 1.54) is 12.2 Å². The second-order valence-corrected chi connectivity index (χ2v) is 3.73. The maximum Gasteiger partial charge on any atom is 0.322 e. The van der Waals surface area contributed by atoms with Crippen molar-refractivity contribution in [3.05, 3.63) is 47.5 Å². The minimum atomic E-state index is -1.18. The van der Waals surface area contributed by atoms with E-state index >= 15 is 0 Å². The topological polar surface area (TPSA) is 118 Å². The van der Waals surface area contributed by atoms with Crippen LogP contribution in [0.1, 0.15) is 20.7 Å². The van der Waals surface area contributed by atoms with Gasteiger partial charge in [0, 0.05) is 11.1 Å². The lowest BCUT2D eigenvalue weighted by Gasteiger charge is -2.06. The number of carboxylic acids is 1. The number of hydrogen-bond acceptors (Lipinski definition) is 5. The number of benzene rings is 1. The summed E-state index contributed by atoms with van der Waals surface area (Å²) in [6.07, 6.45) is 2.62. The zero-order chi connectivity index (χ0) is 14.4. The van der Waals surface area contributed by atoms with E-state index in [1.54, 1.807) is 24.3 Å². The van der Waals surface area contributed by atoms with Crippen LogP contribution in [-0.4, -0.2) is 40.4 Å².